The summed E-state index contributed by atoms with van der Waals surface area (Å²) in [7, 11) is 1.55. The topological polar surface area (TPSA) is 84.1 Å². The van der Waals surface area contributed by atoms with Gasteiger partial charge in [0.1, 0.15) is 5.75 Å². The first kappa shape index (κ1) is 11.8. The number of rotatable bonds is 3. The van der Waals surface area contributed by atoms with E-state index in [4.69, 9.17) is 4.74 Å². The summed E-state index contributed by atoms with van der Waals surface area (Å²) in [6.07, 6.45) is 1.32. The number of carbonyl (C=O) groups is 1. The van der Waals surface area contributed by atoms with Crippen molar-refractivity contribution in [3.05, 3.63) is 52.4 Å². The van der Waals surface area contributed by atoms with Crippen molar-refractivity contribution in [3.8, 4) is 5.75 Å². The first-order chi connectivity index (χ1) is 8.69. The fraction of sp³-hybridized carbons (Fsp3) is 0.0833. The monoisotopic (exact) mass is 245 g/mol. The van der Waals surface area contributed by atoms with E-state index in [0.29, 0.717) is 11.3 Å². The van der Waals surface area contributed by atoms with Crippen LogP contribution >= 0.6 is 0 Å². The number of hydrogen-bond acceptors (Lipinski definition) is 4. The molecular weight excluding hydrogens is 234 g/mol. The highest BCUT2D eigenvalue weighted by molar-refractivity contribution is 6.03. The standard InChI is InChI=1S/C12H11N3O3/c1-18-9-4-2-8(3-5-9)11(17)15-12-13-7-6-10(16)14-12/h2-7H,1H3,(H2,13,14,15,16,17). The zero-order valence-corrected chi connectivity index (χ0v) is 9.64. The molecule has 0 aliphatic rings. The van der Waals surface area contributed by atoms with Crippen LogP contribution < -0.4 is 15.6 Å². The Morgan fingerprint density at radius 2 is 2.00 bits per heavy atom. The number of nitrogens with zero attached hydrogens (tertiary/aromatic N) is 1. The molecule has 0 fully saturated rings. The Balaban J connectivity index is 2.14. The summed E-state index contributed by atoms with van der Waals surface area (Å²) in [5.74, 6) is 0.424. The number of methoxy groups -OCH3 is 1. The van der Waals surface area contributed by atoms with Gasteiger partial charge in [-0.15, -0.1) is 0 Å². The molecule has 0 unspecified atom stereocenters. The lowest BCUT2D eigenvalue weighted by atomic mass is 10.2. The van der Waals surface area contributed by atoms with E-state index >= 15 is 0 Å². The number of anilines is 1. The van der Waals surface area contributed by atoms with Crippen LogP contribution in [0.1, 0.15) is 10.4 Å². The Labute approximate surface area is 103 Å². The van der Waals surface area contributed by atoms with E-state index in [2.05, 4.69) is 15.3 Å². The highest BCUT2D eigenvalue weighted by Crippen LogP contribution is 2.11. The van der Waals surface area contributed by atoms with Crippen LogP contribution in [0.15, 0.2) is 41.3 Å². The number of amides is 1. The molecule has 1 amide bonds. The largest absolute Gasteiger partial charge is 0.497 e. The summed E-state index contributed by atoms with van der Waals surface area (Å²) in [6, 6.07) is 7.86. The van der Waals surface area contributed by atoms with Crippen LogP contribution in [0.3, 0.4) is 0 Å². The van der Waals surface area contributed by atoms with Crippen LogP contribution in [0.5, 0.6) is 5.75 Å². The third-order valence-electron chi connectivity index (χ3n) is 2.26. The molecule has 2 rings (SSSR count). The molecule has 0 radical (unpaired) electrons. The highest BCUT2D eigenvalue weighted by atomic mass is 16.5. The molecule has 2 N–H and O–H groups in total. The maximum atomic E-state index is 11.8. The van der Waals surface area contributed by atoms with Gasteiger partial charge in [-0.05, 0) is 24.3 Å². The van der Waals surface area contributed by atoms with Gasteiger partial charge in [-0.2, -0.15) is 0 Å². The molecule has 0 bridgehead atoms. The van der Waals surface area contributed by atoms with Crippen molar-refractivity contribution in [3.63, 3.8) is 0 Å². The molecule has 2 aromatic rings. The minimum Gasteiger partial charge on any atom is -0.497 e. The summed E-state index contributed by atoms with van der Waals surface area (Å²) < 4.78 is 4.99. The van der Waals surface area contributed by atoms with Crippen LogP contribution in [0.25, 0.3) is 0 Å². The van der Waals surface area contributed by atoms with Crippen molar-refractivity contribution in [2.75, 3.05) is 12.4 Å². The summed E-state index contributed by atoms with van der Waals surface area (Å²) in [6.45, 7) is 0. The molecule has 6 heteroatoms. The first-order valence-electron chi connectivity index (χ1n) is 5.20. The van der Waals surface area contributed by atoms with Crippen molar-refractivity contribution < 1.29 is 9.53 Å². The summed E-state index contributed by atoms with van der Waals surface area (Å²) >= 11 is 0. The molecule has 1 heterocycles. The van der Waals surface area contributed by atoms with Gasteiger partial charge in [-0.25, -0.2) is 4.98 Å². The molecule has 1 aromatic heterocycles. The van der Waals surface area contributed by atoms with Crippen LogP contribution in [0, 0.1) is 0 Å². The zero-order chi connectivity index (χ0) is 13.0. The van der Waals surface area contributed by atoms with Crippen molar-refractivity contribution in [2.24, 2.45) is 0 Å². The van der Waals surface area contributed by atoms with Crippen molar-refractivity contribution in [1.29, 1.82) is 0 Å². The molecule has 0 spiro atoms. The Hall–Kier alpha value is -2.63. The van der Waals surface area contributed by atoms with Crippen LogP contribution in [0.4, 0.5) is 5.95 Å². The number of H-pyrrole nitrogens is 1. The van der Waals surface area contributed by atoms with E-state index < -0.39 is 0 Å². The second-order valence-electron chi connectivity index (χ2n) is 3.47. The van der Waals surface area contributed by atoms with E-state index in [-0.39, 0.29) is 17.4 Å². The van der Waals surface area contributed by atoms with E-state index in [0.717, 1.165) is 0 Å². The minimum atomic E-state index is -0.355. The van der Waals surface area contributed by atoms with Gasteiger partial charge in [0.2, 0.25) is 5.95 Å². The molecule has 0 saturated heterocycles. The molecule has 18 heavy (non-hydrogen) atoms. The van der Waals surface area contributed by atoms with E-state index in [1.54, 1.807) is 31.4 Å². The average Bonchev–Trinajstić information content (AvgIpc) is 2.39. The second kappa shape index (κ2) is 5.13. The lowest BCUT2D eigenvalue weighted by molar-refractivity contribution is 0.102. The van der Waals surface area contributed by atoms with Crippen molar-refractivity contribution in [2.45, 2.75) is 0 Å². The normalized spacial score (nSPS) is 9.83. The van der Waals surface area contributed by atoms with Crippen molar-refractivity contribution in [1.82, 2.24) is 9.97 Å². The number of nitrogens with one attached hydrogen (secondary N) is 2. The molecular formula is C12H11N3O3. The van der Waals surface area contributed by atoms with Crippen LogP contribution in [-0.2, 0) is 0 Å². The van der Waals surface area contributed by atoms with E-state index in [1.165, 1.54) is 12.3 Å². The minimum absolute atomic E-state index is 0.114. The van der Waals surface area contributed by atoms with E-state index in [1.807, 2.05) is 0 Å². The maximum absolute atomic E-state index is 11.8. The van der Waals surface area contributed by atoms with Crippen LogP contribution in [-0.4, -0.2) is 23.0 Å². The second-order valence-corrected chi connectivity index (χ2v) is 3.47. The van der Waals surface area contributed by atoms with Gasteiger partial charge < -0.3 is 4.74 Å². The fourth-order valence-corrected chi connectivity index (χ4v) is 1.36. The summed E-state index contributed by atoms with van der Waals surface area (Å²) in [5, 5.41) is 2.49. The number of aromatic nitrogens is 2. The predicted molar refractivity (Wildman–Crippen MR) is 65.8 cm³/mol. The molecule has 6 nitrogen and oxygen atoms in total. The molecule has 0 saturated carbocycles. The average molecular weight is 245 g/mol. The molecule has 1 aromatic carbocycles. The maximum Gasteiger partial charge on any atom is 0.257 e. The molecule has 0 atom stereocenters. The number of carbonyl (C=O) groups excluding carboxylic acids is 1. The van der Waals surface area contributed by atoms with Gasteiger partial charge in [0.05, 0.1) is 7.11 Å². The van der Waals surface area contributed by atoms with Gasteiger partial charge >= 0.3 is 0 Å². The lowest BCUT2D eigenvalue weighted by Gasteiger charge is -2.04. The third-order valence-corrected chi connectivity index (χ3v) is 2.26. The Kier molecular flexibility index (Phi) is 3.38. The number of aromatic amines is 1. The van der Waals surface area contributed by atoms with Gasteiger partial charge in [0.25, 0.3) is 11.5 Å². The zero-order valence-electron chi connectivity index (χ0n) is 9.64. The smallest absolute Gasteiger partial charge is 0.257 e. The number of ether oxygens (including phenoxy) is 1. The van der Waals surface area contributed by atoms with Gasteiger partial charge in [0, 0.05) is 17.8 Å². The summed E-state index contributed by atoms with van der Waals surface area (Å²) in [5.41, 5.74) is 0.123. The lowest BCUT2D eigenvalue weighted by Crippen LogP contribution is -2.17. The predicted octanol–water partition coefficient (Wildman–Crippen LogP) is 1.03. The van der Waals surface area contributed by atoms with E-state index in [9.17, 15) is 9.59 Å². The fourth-order valence-electron chi connectivity index (χ4n) is 1.36. The molecule has 0 aliphatic heterocycles. The van der Waals surface area contributed by atoms with Gasteiger partial charge in [-0.3, -0.25) is 19.9 Å². The molecule has 0 aliphatic carbocycles. The Morgan fingerprint density at radius 3 is 2.61 bits per heavy atom. The Morgan fingerprint density at radius 1 is 1.28 bits per heavy atom. The molecule has 92 valence electrons. The quantitative estimate of drug-likeness (QED) is 0.845. The summed E-state index contributed by atoms with van der Waals surface area (Å²) in [4.78, 5) is 29.1. The highest BCUT2D eigenvalue weighted by Gasteiger charge is 2.07. The SMILES string of the molecule is COc1ccc(C(=O)Nc2nccc(=O)[nH]2)cc1. The Bertz CT molecular complexity index is 604. The van der Waals surface area contributed by atoms with Crippen molar-refractivity contribution >= 4 is 11.9 Å². The number of hydrogen-bond donors (Lipinski definition) is 2. The van der Waals surface area contributed by atoms with Gasteiger partial charge in [0.15, 0.2) is 0 Å². The first-order valence-corrected chi connectivity index (χ1v) is 5.20. The van der Waals surface area contributed by atoms with Gasteiger partial charge in [-0.1, -0.05) is 0 Å². The van der Waals surface area contributed by atoms with Crippen LogP contribution in [0.2, 0.25) is 0 Å². The number of benzene rings is 1. The third kappa shape index (κ3) is 2.73.